The van der Waals surface area contributed by atoms with Gasteiger partial charge in [-0.15, -0.1) is 0 Å². The maximum Gasteiger partial charge on any atom is 0.252 e. The number of hydrogen-bond donors (Lipinski definition) is 1. The van der Waals surface area contributed by atoms with Gasteiger partial charge >= 0.3 is 0 Å². The monoisotopic (exact) mass is 293 g/mol. The fraction of sp³-hybridized carbons (Fsp3) is 0.364. The number of hydrogen-bond acceptors (Lipinski definition) is 3. The van der Waals surface area contributed by atoms with E-state index in [0.29, 0.717) is 0 Å². The molecule has 1 aromatic rings. The van der Waals surface area contributed by atoms with Crippen molar-refractivity contribution in [2.45, 2.75) is 31.2 Å². The Bertz CT molecular complexity index is 578. The minimum absolute atomic E-state index is 0.0765. The van der Waals surface area contributed by atoms with E-state index in [4.69, 9.17) is 11.6 Å². The summed E-state index contributed by atoms with van der Waals surface area (Å²) in [7, 11) is -4.04. The third-order valence-corrected chi connectivity index (χ3v) is 3.88. The summed E-state index contributed by atoms with van der Waals surface area (Å²) in [5.41, 5.74) is -0.834. The van der Waals surface area contributed by atoms with Crippen LogP contribution in [-0.2, 0) is 10.0 Å². The fourth-order valence-electron chi connectivity index (χ4n) is 1.29. The van der Waals surface area contributed by atoms with Crippen LogP contribution >= 0.6 is 11.6 Å². The van der Waals surface area contributed by atoms with Gasteiger partial charge in [0.2, 0.25) is 10.0 Å². The number of carbonyl (C=O) groups excluding carboxylic acids is 1. The normalized spacial score (nSPS) is 12.5. The Labute approximate surface area is 110 Å². The lowest BCUT2D eigenvalue weighted by molar-refractivity contribution is 0.108. The van der Waals surface area contributed by atoms with Crippen molar-refractivity contribution in [3.63, 3.8) is 0 Å². The summed E-state index contributed by atoms with van der Waals surface area (Å²) in [6.45, 7) is 4.87. The highest BCUT2D eigenvalue weighted by atomic mass is 35.5. The predicted molar refractivity (Wildman–Crippen MR) is 66.7 cm³/mol. The number of carbonyl (C=O) groups is 1. The summed E-state index contributed by atoms with van der Waals surface area (Å²) < 4.78 is 39.7. The summed E-state index contributed by atoms with van der Waals surface area (Å²) in [4.78, 5) is 10.4. The van der Waals surface area contributed by atoms with Crippen LogP contribution in [0.25, 0.3) is 0 Å². The van der Waals surface area contributed by atoms with Crippen LogP contribution in [0.4, 0.5) is 4.39 Å². The zero-order chi connectivity index (χ0) is 14.1. The van der Waals surface area contributed by atoms with Crippen LogP contribution in [0.15, 0.2) is 23.1 Å². The number of sulfonamides is 1. The Morgan fingerprint density at radius 3 is 2.33 bits per heavy atom. The van der Waals surface area contributed by atoms with Gasteiger partial charge in [0.25, 0.3) is 5.24 Å². The Morgan fingerprint density at radius 2 is 1.89 bits per heavy atom. The number of halogens is 2. The smallest absolute Gasteiger partial charge is 0.252 e. The van der Waals surface area contributed by atoms with Crippen LogP contribution in [0.3, 0.4) is 0 Å². The van der Waals surface area contributed by atoms with E-state index in [1.165, 1.54) is 0 Å². The molecule has 18 heavy (non-hydrogen) atoms. The van der Waals surface area contributed by atoms with Gasteiger partial charge in [0.15, 0.2) is 0 Å². The van der Waals surface area contributed by atoms with E-state index in [1.807, 2.05) is 0 Å². The Kier molecular flexibility index (Phi) is 4.15. The minimum Gasteiger partial charge on any atom is -0.276 e. The lowest BCUT2D eigenvalue weighted by Gasteiger charge is -2.20. The van der Waals surface area contributed by atoms with Crippen LogP contribution in [0, 0.1) is 5.82 Å². The second kappa shape index (κ2) is 4.95. The van der Waals surface area contributed by atoms with Crippen molar-refractivity contribution in [3.05, 3.63) is 29.6 Å². The molecule has 1 rings (SSSR count). The molecule has 0 spiro atoms. The van der Waals surface area contributed by atoms with Crippen molar-refractivity contribution in [2.24, 2.45) is 0 Å². The first kappa shape index (κ1) is 15.1. The summed E-state index contributed by atoms with van der Waals surface area (Å²) in [5, 5.41) is -0.845. The van der Waals surface area contributed by atoms with Gasteiger partial charge in [-0.1, -0.05) is 0 Å². The lowest BCUT2D eigenvalue weighted by atomic mass is 10.1. The molecule has 0 radical (unpaired) electrons. The van der Waals surface area contributed by atoms with Gasteiger partial charge < -0.3 is 0 Å². The van der Waals surface area contributed by atoms with Crippen LogP contribution in [-0.4, -0.2) is 19.2 Å². The average Bonchev–Trinajstić information content (AvgIpc) is 2.13. The summed E-state index contributed by atoms with van der Waals surface area (Å²) in [6, 6.07) is 2.94. The molecular formula is C11H13ClFNO3S. The van der Waals surface area contributed by atoms with Crippen LogP contribution < -0.4 is 4.72 Å². The van der Waals surface area contributed by atoms with Crippen molar-refractivity contribution in [1.82, 2.24) is 4.72 Å². The van der Waals surface area contributed by atoms with Gasteiger partial charge in [-0.2, -0.15) is 0 Å². The van der Waals surface area contributed by atoms with E-state index < -0.39 is 31.5 Å². The fourth-order valence-corrected chi connectivity index (χ4v) is 2.93. The summed E-state index contributed by atoms with van der Waals surface area (Å²) in [5.74, 6) is -0.937. The van der Waals surface area contributed by atoms with E-state index in [0.717, 1.165) is 18.2 Å². The molecule has 0 heterocycles. The van der Waals surface area contributed by atoms with Crippen molar-refractivity contribution >= 4 is 26.9 Å². The predicted octanol–water partition coefficient (Wildman–Crippen LogP) is 2.28. The molecule has 0 atom stereocenters. The first-order valence-electron chi connectivity index (χ1n) is 5.06. The third kappa shape index (κ3) is 3.76. The highest BCUT2D eigenvalue weighted by Crippen LogP contribution is 2.19. The summed E-state index contributed by atoms with van der Waals surface area (Å²) >= 11 is 5.23. The van der Waals surface area contributed by atoms with Gasteiger partial charge in [0.05, 0.1) is 0 Å². The average molecular weight is 294 g/mol. The van der Waals surface area contributed by atoms with Crippen molar-refractivity contribution in [3.8, 4) is 0 Å². The molecule has 100 valence electrons. The zero-order valence-electron chi connectivity index (χ0n) is 10.1. The molecule has 1 aromatic carbocycles. The first-order chi connectivity index (χ1) is 8.03. The van der Waals surface area contributed by atoms with Gasteiger partial charge in [0.1, 0.15) is 10.7 Å². The molecule has 0 saturated carbocycles. The first-order valence-corrected chi connectivity index (χ1v) is 6.92. The number of nitrogens with one attached hydrogen (secondary N) is 1. The van der Waals surface area contributed by atoms with Crippen LogP contribution in [0.2, 0.25) is 0 Å². The highest BCUT2D eigenvalue weighted by molar-refractivity contribution is 7.89. The van der Waals surface area contributed by atoms with Crippen molar-refractivity contribution in [2.75, 3.05) is 0 Å². The standard InChI is InChI=1S/C11H13ClFNO3S/c1-11(2,3)14-18(16,17)9-6-7(10(12)15)4-5-8(9)13/h4-6,14H,1-3H3. The molecule has 0 aliphatic carbocycles. The molecule has 0 saturated heterocycles. The van der Waals surface area contributed by atoms with Gasteiger partial charge in [-0.05, 0) is 50.6 Å². The van der Waals surface area contributed by atoms with Gasteiger partial charge in [-0.25, -0.2) is 17.5 Å². The molecule has 7 heteroatoms. The van der Waals surface area contributed by atoms with E-state index >= 15 is 0 Å². The largest absolute Gasteiger partial charge is 0.276 e. The SMILES string of the molecule is CC(C)(C)NS(=O)(=O)c1cc(C(=O)Cl)ccc1F. The Morgan fingerprint density at radius 1 is 1.33 bits per heavy atom. The van der Waals surface area contributed by atoms with Crippen molar-refractivity contribution < 1.29 is 17.6 Å². The molecular weight excluding hydrogens is 281 g/mol. The molecule has 0 aromatic heterocycles. The maximum absolute atomic E-state index is 13.5. The Hall–Kier alpha value is -0.980. The third-order valence-electron chi connectivity index (χ3n) is 1.89. The number of benzene rings is 1. The van der Waals surface area contributed by atoms with Gasteiger partial charge in [0, 0.05) is 11.1 Å². The van der Waals surface area contributed by atoms with E-state index in [1.54, 1.807) is 20.8 Å². The van der Waals surface area contributed by atoms with Crippen LogP contribution in [0.5, 0.6) is 0 Å². The van der Waals surface area contributed by atoms with Crippen LogP contribution in [0.1, 0.15) is 31.1 Å². The molecule has 0 unspecified atom stereocenters. The molecule has 0 aliphatic heterocycles. The van der Waals surface area contributed by atoms with E-state index in [2.05, 4.69) is 4.72 Å². The van der Waals surface area contributed by atoms with E-state index in [-0.39, 0.29) is 5.56 Å². The summed E-state index contributed by atoms with van der Waals surface area (Å²) in [6.07, 6.45) is 0. The minimum atomic E-state index is -4.04. The maximum atomic E-state index is 13.5. The lowest BCUT2D eigenvalue weighted by Crippen LogP contribution is -2.40. The molecule has 0 amide bonds. The molecule has 4 nitrogen and oxygen atoms in total. The van der Waals surface area contributed by atoms with E-state index in [9.17, 15) is 17.6 Å². The van der Waals surface area contributed by atoms with Gasteiger partial charge in [-0.3, -0.25) is 4.79 Å². The van der Waals surface area contributed by atoms with Crippen molar-refractivity contribution in [1.29, 1.82) is 0 Å². The number of rotatable bonds is 3. The topological polar surface area (TPSA) is 63.2 Å². The zero-order valence-corrected chi connectivity index (χ0v) is 11.7. The Balaban J connectivity index is 3.32. The molecule has 0 fully saturated rings. The highest BCUT2D eigenvalue weighted by Gasteiger charge is 2.25. The second-order valence-electron chi connectivity index (χ2n) is 4.77. The quantitative estimate of drug-likeness (QED) is 0.870. The molecule has 0 bridgehead atoms. The molecule has 1 N–H and O–H groups in total. The molecule has 0 aliphatic rings. The second-order valence-corrected chi connectivity index (χ2v) is 6.77.